The number of hydrogen-bond acceptors (Lipinski definition) is 4. The Balaban J connectivity index is 2.45. The van der Waals surface area contributed by atoms with Crippen molar-refractivity contribution in [3.63, 3.8) is 0 Å². The van der Waals surface area contributed by atoms with Gasteiger partial charge in [-0.15, -0.1) is 0 Å². The zero-order valence-electron chi connectivity index (χ0n) is 11.6. The number of carboxylic acid groups (broad SMARTS) is 1. The summed E-state index contributed by atoms with van der Waals surface area (Å²) < 4.78 is 5.43. The molecule has 1 heterocycles. The first-order chi connectivity index (χ1) is 9.49. The van der Waals surface area contributed by atoms with E-state index < -0.39 is 5.97 Å². The fourth-order valence-corrected chi connectivity index (χ4v) is 1.68. The Morgan fingerprint density at radius 2 is 2.35 bits per heavy atom. The van der Waals surface area contributed by atoms with E-state index in [0.29, 0.717) is 29.6 Å². The van der Waals surface area contributed by atoms with Crippen LogP contribution < -0.4 is 5.32 Å². The quantitative estimate of drug-likeness (QED) is 0.570. The first kappa shape index (κ1) is 16.5. The number of rotatable bonds is 8. The highest BCUT2D eigenvalue weighted by atomic mass is 35.5. The molecule has 0 aliphatic carbocycles. The zero-order chi connectivity index (χ0) is 15.0. The van der Waals surface area contributed by atoms with Gasteiger partial charge in [-0.05, 0) is 38.0 Å². The predicted molar refractivity (Wildman–Crippen MR) is 80.1 cm³/mol. The monoisotopic (exact) mass is 298 g/mol. The Morgan fingerprint density at radius 1 is 1.60 bits per heavy atom. The highest BCUT2D eigenvalue weighted by Crippen LogP contribution is 2.20. The summed E-state index contributed by atoms with van der Waals surface area (Å²) in [5, 5.41) is 12.1. The second-order valence-corrected chi connectivity index (χ2v) is 4.88. The molecule has 0 atom stereocenters. The molecule has 0 saturated heterocycles. The summed E-state index contributed by atoms with van der Waals surface area (Å²) in [6.07, 6.45) is 5.15. The second-order valence-electron chi connectivity index (χ2n) is 4.47. The van der Waals surface area contributed by atoms with Crippen molar-refractivity contribution in [2.75, 3.05) is 18.5 Å². The number of halogens is 1. The summed E-state index contributed by atoms with van der Waals surface area (Å²) in [6, 6.07) is 1.67. The minimum Gasteiger partial charge on any atom is -0.478 e. The average Bonchev–Trinajstić information content (AvgIpc) is 2.37. The van der Waals surface area contributed by atoms with E-state index in [1.165, 1.54) is 6.08 Å². The zero-order valence-corrected chi connectivity index (χ0v) is 12.4. The fraction of sp³-hybridized carbons (Fsp3) is 0.429. The summed E-state index contributed by atoms with van der Waals surface area (Å²) >= 11 is 6.07. The molecule has 0 bridgehead atoms. The van der Waals surface area contributed by atoms with Gasteiger partial charge in [-0.25, -0.2) is 9.78 Å². The number of hydrogen-bond donors (Lipinski definition) is 2. The third-order valence-corrected chi connectivity index (χ3v) is 2.63. The van der Waals surface area contributed by atoms with Gasteiger partial charge in [0.05, 0.1) is 11.1 Å². The number of aliphatic carboxylic acids is 1. The van der Waals surface area contributed by atoms with Gasteiger partial charge in [0, 0.05) is 25.4 Å². The van der Waals surface area contributed by atoms with Crippen molar-refractivity contribution in [3.05, 3.63) is 28.9 Å². The topological polar surface area (TPSA) is 71.5 Å². The largest absolute Gasteiger partial charge is 0.478 e. The minimum atomic E-state index is -1.01. The maximum atomic E-state index is 10.4. The van der Waals surface area contributed by atoms with Gasteiger partial charge >= 0.3 is 5.97 Å². The number of carboxylic acids is 1. The normalized spacial score (nSPS) is 11.2. The number of anilines is 1. The third-order valence-electron chi connectivity index (χ3n) is 2.35. The van der Waals surface area contributed by atoms with Crippen molar-refractivity contribution in [1.29, 1.82) is 0 Å². The number of pyridine rings is 1. The van der Waals surface area contributed by atoms with Crippen LogP contribution in [0.3, 0.4) is 0 Å². The average molecular weight is 299 g/mol. The Hall–Kier alpha value is -1.59. The predicted octanol–water partition coefficient (Wildman–Crippen LogP) is 3.06. The molecule has 0 amide bonds. The number of aromatic nitrogens is 1. The van der Waals surface area contributed by atoms with Gasteiger partial charge < -0.3 is 15.2 Å². The molecule has 20 heavy (non-hydrogen) atoms. The molecule has 0 radical (unpaired) electrons. The van der Waals surface area contributed by atoms with E-state index in [2.05, 4.69) is 10.3 Å². The molecule has 1 aromatic rings. The van der Waals surface area contributed by atoms with Crippen LogP contribution in [0.4, 0.5) is 5.82 Å². The van der Waals surface area contributed by atoms with Crippen molar-refractivity contribution in [2.45, 2.75) is 26.4 Å². The second kappa shape index (κ2) is 8.55. The van der Waals surface area contributed by atoms with Gasteiger partial charge in [0.2, 0.25) is 0 Å². The van der Waals surface area contributed by atoms with E-state index in [-0.39, 0.29) is 6.10 Å². The van der Waals surface area contributed by atoms with Crippen molar-refractivity contribution >= 4 is 29.5 Å². The highest BCUT2D eigenvalue weighted by molar-refractivity contribution is 6.33. The van der Waals surface area contributed by atoms with Gasteiger partial charge in [-0.1, -0.05) is 11.6 Å². The molecule has 0 unspecified atom stereocenters. The van der Waals surface area contributed by atoms with Crippen LogP contribution in [0.5, 0.6) is 0 Å². The highest BCUT2D eigenvalue weighted by Gasteiger charge is 2.02. The van der Waals surface area contributed by atoms with Gasteiger partial charge in [-0.3, -0.25) is 0 Å². The van der Waals surface area contributed by atoms with Gasteiger partial charge in [0.15, 0.2) is 0 Å². The number of nitrogens with zero attached hydrogens (tertiary/aromatic N) is 1. The molecule has 6 heteroatoms. The maximum Gasteiger partial charge on any atom is 0.328 e. The molecule has 1 aromatic heterocycles. The van der Waals surface area contributed by atoms with E-state index in [1.54, 1.807) is 12.3 Å². The standard InChI is InChI=1S/C14H19ClN2O3/c1-10(2)20-7-3-6-16-14-12(15)8-11(9-17-14)4-5-13(18)19/h4-5,8-10H,3,6-7H2,1-2H3,(H,16,17)(H,18,19)/b5-4+. The minimum absolute atomic E-state index is 0.233. The summed E-state index contributed by atoms with van der Waals surface area (Å²) in [6.45, 7) is 5.38. The first-order valence-electron chi connectivity index (χ1n) is 6.41. The number of nitrogens with one attached hydrogen (secondary N) is 1. The molecule has 0 saturated carbocycles. The molecule has 5 nitrogen and oxygen atoms in total. The number of carbonyl (C=O) groups is 1. The van der Waals surface area contributed by atoms with Gasteiger partial charge in [0.25, 0.3) is 0 Å². The van der Waals surface area contributed by atoms with Gasteiger partial charge in [0.1, 0.15) is 5.82 Å². The number of ether oxygens (including phenoxy) is 1. The Morgan fingerprint density at radius 3 is 2.95 bits per heavy atom. The van der Waals surface area contributed by atoms with Crippen molar-refractivity contribution in [1.82, 2.24) is 4.98 Å². The van der Waals surface area contributed by atoms with Crippen LogP contribution in [0.1, 0.15) is 25.8 Å². The third kappa shape index (κ3) is 6.54. The van der Waals surface area contributed by atoms with Crippen LogP contribution in [-0.2, 0) is 9.53 Å². The summed E-state index contributed by atoms with van der Waals surface area (Å²) in [7, 11) is 0. The molecular formula is C14H19ClN2O3. The van der Waals surface area contributed by atoms with Crippen molar-refractivity contribution in [3.8, 4) is 0 Å². The van der Waals surface area contributed by atoms with E-state index in [0.717, 1.165) is 12.5 Å². The lowest BCUT2D eigenvalue weighted by atomic mass is 10.2. The lowest BCUT2D eigenvalue weighted by molar-refractivity contribution is -0.131. The van der Waals surface area contributed by atoms with E-state index in [4.69, 9.17) is 21.4 Å². The molecule has 0 aromatic carbocycles. The van der Waals surface area contributed by atoms with Crippen LogP contribution in [0.2, 0.25) is 5.02 Å². The summed E-state index contributed by atoms with van der Waals surface area (Å²) in [4.78, 5) is 14.6. The Bertz CT molecular complexity index is 475. The van der Waals surface area contributed by atoms with E-state index in [1.807, 2.05) is 13.8 Å². The molecular weight excluding hydrogens is 280 g/mol. The molecule has 110 valence electrons. The van der Waals surface area contributed by atoms with Crippen molar-refractivity contribution < 1.29 is 14.6 Å². The van der Waals surface area contributed by atoms with Crippen LogP contribution in [-0.4, -0.2) is 35.3 Å². The van der Waals surface area contributed by atoms with E-state index >= 15 is 0 Å². The summed E-state index contributed by atoms with van der Waals surface area (Å²) in [5.74, 6) is -0.419. The molecule has 0 aliphatic rings. The smallest absolute Gasteiger partial charge is 0.328 e. The summed E-state index contributed by atoms with van der Waals surface area (Å²) in [5.41, 5.74) is 0.645. The lowest BCUT2D eigenvalue weighted by Gasteiger charge is -2.09. The van der Waals surface area contributed by atoms with Crippen molar-refractivity contribution in [2.24, 2.45) is 0 Å². The molecule has 0 spiro atoms. The van der Waals surface area contributed by atoms with Crippen LogP contribution in [0, 0.1) is 0 Å². The van der Waals surface area contributed by atoms with Crippen LogP contribution >= 0.6 is 11.6 Å². The van der Waals surface area contributed by atoms with Gasteiger partial charge in [-0.2, -0.15) is 0 Å². The Kier molecular flexibility index (Phi) is 7.04. The van der Waals surface area contributed by atoms with Crippen LogP contribution in [0.25, 0.3) is 6.08 Å². The fourth-order valence-electron chi connectivity index (χ4n) is 1.44. The molecule has 2 N–H and O–H groups in total. The molecule has 1 rings (SSSR count). The Labute approximate surface area is 123 Å². The lowest BCUT2D eigenvalue weighted by Crippen LogP contribution is -2.10. The SMILES string of the molecule is CC(C)OCCCNc1ncc(/C=C/C(=O)O)cc1Cl. The molecule has 0 aliphatic heterocycles. The van der Waals surface area contributed by atoms with E-state index in [9.17, 15) is 4.79 Å². The molecule has 0 fully saturated rings. The maximum absolute atomic E-state index is 10.4. The van der Waals surface area contributed by atoms with Crippen LogP contribution in [0.15, 0.2) is 18.3 Å². The first-order valence-corrected chi connectivity index (χ1v) is 6.79.